The maximum absolute atomic E-state index is 6.72. The molecule has 0 atom stereocenters. The number of rotatable bonds is 0. The van der Waals surface area contributed by atoms with Crippen LogP contribution < -0.4 is 9.47 Å². The smallest absolute Gasteiger partial charge is 0.135 e. The zero-order chi connectivity index (χ0) is 19.2. The quantitative estimate of drug-likeness (QED) is 0.546. The highest BCUT2D eigenvalue weighted by Gasteiger charge is 2.56. The fourth-order valence-corrected chi connectivity index (χ4v) is 4.62. The SMILES string of the molecule is CC1=CC(C)(C)Oc2c(C)c(C)c3c(c21)OC(C)(C)C(C)(C)C3(C)C. The molecule has 0 aromatic heterocycles. The monoisotopic (exact) mass is 342 g/mol. The molecule has 1 aromatic carbocycles. The van der Waals surface area contributed by atoms with Gasteiger partial charge in [-0.3, -0.25) is 0 Å². The first-order valence-electron chi connectivity index (χ1n) is 9.39. The summed E-state index contributed by atoms with van der Waals surface area (Å²) in [5, 5.41) is 0. The topological polar surface area (TPSA) is 18.5 Å². The molecule has 3 rings (SSSR count). The summed E-state index contributed by atoms with van der Waals surface area (Å²) in [6, 6.07) is 0. The fourth-order valence-electron chi connectivity index (χ4n) is 4.62. The Hall–Kier alpha value is -1.44. The molecule has 2 aliphatic heterocycles. The van der Waals surface area contributed by atoms with Crippen LogP contribution in [0.25, 0.3) is 5.57 Å². The number of ether oxygens (including phenoxy) is 2. The largest absolute Gasteiger partial charge is 0.486 e. The molecule has 0 spiro atoms. The van der Waals surface area contributed by atoms with Gasteiger partial charge in [-0.15, -0.1) is 0 Å². The predicted molar refractivity (Wildman–Crippen MR) is 106 cm³/mol. The Kier molecular flexibility index (Phi) is 3.55. The molecule has 0 aliphatic carbocycles. The first-order valence-corrected chi connectivity index (χ1v) is 9.39. The van der Waals surface area contributed by atoms with E-state index >= 15 is 0 Å². The number of benzene rings is 1. The third-order valence-corrected chi connectivity index (χ3v) is 7.33. The minimum atomic E-state index is -0.290. The summed E-state index contributed by atoms with van der Waals surface area (Å²) in [5.74, 6) is 2.02. The molecule has 0 radical (unpaired) electrons. The standard InChI is InChI=1S/C23H34O2/c1-13-12-20(4,5)24-18-15(3)14(2)17-19(16(13)18)25-23(10,11)22(8,9)21(17,6)7/h12H,1-11H3. The van der Waals surface area contributed by atoms with Gasteiger partial charge in [0.15, 0.2) is 0 Å². The molecule has 2 heteroatoms. The van der Waals surface area contributed by atoms with E-state index in [9.17, 15) is 0 Å². The number of hydrogen-bond acceptors (Lipinski definition) is 2. The van der Waals surface area contributed by atoms with Crippen molar-refractivity contribution >= 4 is 5.57 Å². The van der Waals surface area contributed by atoms with Crippen LogP contribution in [0.1, 0.15) is 84.6 Å². The summed E-state index contributed by atoms with van der Waals surface area (Å²) >= 11 is 0. The first kappa shape index (κ1) is 18.4. The van der Waals surface area contributed by atoms with Crippen LogP contribution >= 0.6 is 0 Å². The highest BCUT2D eigenvalue weighted by atomic mass is 16.5. The second kappa shape index (κ2) is 4.84. The lowest BCUT2D eigenvalue weighted by Crippen LogP contribution is -2.58. The van der Waals surface area contributed by atoms with Gasteiger partial charge in [0.2, 0.25) is 0 Å². The van der Waals surface area contributed by atoms with Crippen LogP contribution in [0.4, 0.5) is 0 Å². The summed E-state index contributed by atoms with van der Waals surface area (Å²) < 4.78 is 13.1. The van der Waals surface area contributed by atoms with Crippen LogP contribution in [-0.2, 0) is 5.41 Å². The Morgan fingerprint density at radius 3 is 1.84 bits per heavy atom. The Morgan fingerprint density at radius 1 is 0.720 bits per heavy atom. The molecule has 25 heavy (non-hydrogen) atoms. The molecule has 2 aliphatic rings. The summed E-state index contributed by atoms with van der Waals surface area (Å²) in [6.07, 6.45) is 2.22. The summed E-state index contributed by atoms with van der Waals surface area (Å²) in [6.45, 7) is 24.6. The number of fused-ring (bicyclic) bond motifs is 3. The van der Waals surface area contributed by atoms with Crippen molar-refractivity contribution in [3.05, 3.63) is 28.3 Å². The van der Waals surface area contributed by atoms with Crippen molar-refractivity contribution in [3.8, 4) is 11.5 Å². The molecule has 0 N–H and O–H groups in total. The van der Waals surface area contributed by atoms with E-state index in [1.807, 2.05) is 0 Å². The highest BCUT2D eigenvalue weighted by Crippen LogP contribution is 2.61. The zero-order valence-electron chi connectivity index (χ0n) is 17.9. The van der Waals surface area contributed by atoms with Crippen molar-refractivity contribution in [2.45, 2.75) is 92.8 Å². The normalized spacial score (nSPS) is 24.4. The average molecular weight is 343 g/mol. The second-order valence-electron chi connectivity index (χ2n) is 10.1. The Balaban J connectivity index is 2.44. The zero-order valence-corrected chi connectivity index (χ0v) is 17.9. The van der Waals surface area contributed by atoms with Crippen molar-refractivity contribution in [3.63, 3.8) is 0 Å². The number of hydrogen-bond donors (Lipinski definition) is 0. The lowest BCUT2D eigenvalue weighted by atomic mass is 9.54. The molecule has 1 aromatic rings. The van der Waals surface area contributed by atoms with E-state index in [4.69, 9.17) is 9.47 Å². The number of allylic oxidation sites excluding steroid dienone is 1. The summed E-state index contributed by atoms with van der Waals surface area (Å²) in [7, 11) is 0. The molecule has 0 unspecified atom stereocenters. The van der Waals surface area contributed by atoms with E-state index < -0.39 is 0 Å². The highest BCUT2D eigenvalue weighted by molar-refractivity contribution is 5.81. The van der Waals surface area contributed by atoms with E-state index in [2.05, 4.69) is 82.2 Å². The van der Waals surface area contributed by atoms with E-state index in [0.29, 0.717) is 0 Å². The van der Waals surface area contributed by atoms with Gasteiger partial charge in [-0.25, -0.2) is 0 Å². The summed E-state index contributed by atoms with van der Waals surface area (Å²) in [4.78, 5) is 0. The molecular formula is C23H34O2. The summed E-state index contributed by atoms with van der Waals surface area (Å²) in [5.41, 5.74) is 5.68. The third-order valence-electron chi connectivity index (χ3n) is 7.33. The molecule has 0 fully saturated rings. The maximum atomic E-state index is 6.72. The van der Waals surface area contributed by atoms with Gasteiger partial charge in [0, 0.05) is 16.4 Å². The van der Waals surface area contributed by atoms with Crippen molar-refractivity contribution in [2.75, 3.05) is 0 Å². The molecular weight excluding hydrogens is 308 g/mol. The Bertz CT molecular complexity index is 789. The second-order valence-corrected chi connectivity index (χ2v) is 10.1. The Labute approximate surface area is 153 Å². The van der Waals surface area contributed by atoms with E-state index in [0.717, 1.165) is 17.1 Å². The average Bonchev–Trinajstić information content (AvgIpc) is 2.40. The molecule has 0 saturated carbocycles. The van der Waals surface area contributed by atoms with Gasteiger partial charge in [-0.2, -0.15) is 0 Å². The maximum Gasteiger partial charge on any atom is 0.135 e. The van der Waals surface area contributed by atoms with Gasteiger partial charge < -0.3 is 9.47 Å². The van der Waals surface area contributed by atoms with Gasteiger partial charge in [-0.1, -0.05) is 27.7 Å². The van der Waals surface area contributed by atoms with Crippen molar-refractivity contribution in [1.29, 1.82) is 0 Å². The van der Waals surface area contributed by atoms with Crippen molar-refractivity contribution < 1.29 is 9.47 Å². The molecule has 138 valence electrons. The van der Waals surface area contributed by atoms with Crippen LogP contribution in [0.3, 0.4) is 0 Å². The van der Waals surface area contributed by atoms with Gasteiger partial charge in [0.25, 0.3) is 0 Å². The molecule has 2 heterocycles. The van der Waals surface area contributed by atoms with E-state index in [-0.39, 0.29) is 22.0 Å². The minimum Gasteiger partial charge on any atom is -0.486 e. The Morgan fingerprint density at radius 2 is 1.28 bits per heavy atom. The molecule has 0 saturated heterocycles. The minimum absolute atomic E-state index is 0.00908. The van der Waals surface area contributed by atoms with Crippen LogP contribution in [0.15, 0.2) is 6.08 Å². The van der Waals surface area contributed by atoms with Crippen molar-refractivity contribution in [1.82, 2.24) is 0 Å². The van der Waals surface area contributed by atoms with E-state index in [1.54, 1.807) is 0 Å². The van der Waals surface area contributed by atoms with Crippen molar-refractivity contribution in [2.24, 2.45) is 5.41 Å². The van der Waals surface area contributed by atoms with Gasteiger partial charge in [-0.05, 0) is 71.2 Å². The lowest BCUT2D eigenvalue weighted by molar-refractivity contribution is -0.0751. The van der Waals surface area contributed by atoms with Crippen LogP contribution in [0.2, 0.25) is 0 Å². The third kappa shape index (κ3) is 2.22. The first-order chi connectivity index (χ1) is 11.1. The fraction of sp³-hybridized carbons (Fsp3) is 0.652. The van der Waals surface area contributed by atoms with Crippen LogP contribution in [-0.4, -0.2) is 11.2 Å². The molecule has 2 nitrogen and oxygen atoms in total. The van der Waals surface area contributed by atoms with Gasteiger partial charge >= 0.3 is 0 Å². The molecule has 0 amide bonds. The van der Waals surface area contributed by atoms with Crippen LogP contribution in [0, 0.1) is 19.3 Å². The van der Waals surface area contributed by atoms with Gasteiger partial charge in [0.1, 0.15) is 22.7 Å². The molecule has 0 bridgehead atoms. The lowest BCUT2D eigenvalue weighted by Gasteiger charge is -2.57. The van der Waals surface area contributed by atoms with Crippen LogP contribution in [0.5, 0.6) is 11.5 Å². The van der Waals surface area contributed by atoms with Gasteiger partial charge in [0.05, 0.1) is 5.56 Å². The van der Waals surface area contributed by atoms with E-state index in [1.165, 1.54) is 22.3 Å². The predicted octanol–water partition coefficient (Wildman–Crippen LogP) is 6.35.